The Morgan fingerprint density at radius 2 is 2.06 bits per heavy atom. The van der Waals surface area contributed by atoms with Crippen molar-refractivity contribution in [2.45, 2.75) is 39.5 Å². The van der Waals surface area contributed by atoms with Gasteiger partial charge in [0.2, 0.25) is 5.89 Å². The molecule has 0 saturated carbocycles. The second kappa shape index (κ2) is 8.79. The summed E-state index contributed by atoms with van der Waals surface area (Å²) in [6.07, 6.45) is 8.42. The summed E-state index contributed by atoms with van der Waals surface area (Å²) < 4.78 is 8.89. The fraction of sp³-hybridized carbons (Fsp3) is 0.500. The van der Waals surface area contributed by atoms with Crippen LogP contribution in [0.3, 0.4) is 0 Å². The van der Waals surface area contributed by atoms with Gasteiger partial charge in [0.05, 0.1) is 24.3 Å². The highest BCUT2D eigenvalue weighted by Crippen LogP contribution is 2.30. The zero-order valence-electron chi connectivity index (χ0n) is 20.8. The summed E-state index contributed by atoms with van der Waals surface area (Å²) in [4.78, 5) is 24.1. The fourth-order valence-corrected chi connectivity index (χ4v) is 4.45. The van der Waals surface area contributed by atoms with Crippen LogP contribution in [0.5, 0.6) is 0 Å². The molecule has 1 saturated heterocycles. The van der Waals surface area contributed by atoms with Crippen molar-refractivity contribution < 1.29 is 9.32 Å². The lowest BCUT2D eigenvalue weighted by atomic mass is 9.86. The third kappa shape index (κ3) is 4.62. The molecule has 0 aliphatic carbocycles. The van der Waals surface area contributed by atoms with Crippen LogP contribution in [-0.2, 0) is 12.5 Å². The van der Waals surface area contributed by atoms with Crippen LogP contribution < -0.4 is 10.2 Å². The predicted octanol–water partition coefficient (Wildman–Crippen LogP) is 2.70. The number of aryl methyl sites for hydroxylation is 1. The van der Waals surface area contributed by atoms with Crippen molar-refractivity contribution in [3.8, 4) is 11.3 Å². The van der Waals surface area contributed by atoms with Gasteiger partial charge in [-0.25, -0.2) is 9.50 Å². The Kier molecular flexibility index (Phi) is 5.78. The number of rotatable bonds is 5. The minimum absolute atomic E-state index is 0.0829. The van der Waals surface area contributed by atoms with E-state index in [0.717, 1.165) is 42.1 Å². The maximum atomic E-state index is 12.6. The molecule has 0 spiro atoms. The van der Waals surface area contributed by atoms with Crippen molar-refractivity contribution >= 4 is 17.2 Å². The van der Waals surface area contributed by atoms with E-state index in [1.54, 1.807) is 10.9 Å². The van der Waals surface area contributed by atoms with Gasteiger partial charge in [-0.1, -0.05) is 32.9 Å². The number of hydrogen-bond acceptors (Lipinski definition) is 8. The first-order valence-electron chi connectivity index (χ1n) is 11.9. The zero-order valence-corrected chi connectivity index (χ0v) is 20.8. The van der Waals surface area contributed by atoms with Crippen LogP contribution in [0, 0.1) is 11.8 Å². The minimum atomic E-state index is -0.300. The van der Waals surface area contributed by atoms with Gasteiger partial charge in [0, 0.05) is 43.9 Å². The van der Waals surface area contributed by atoms with Crippen molar-refractivity contribution in [2.24, 2.45) is 18.9 Å². The van der Waals surface area contributed by atoms with E-state index in [4.69, 9.17) is 9.51 Å². The lowest BCUT2D eigenvalue weighted by molar-refractivity contribution is 0.0926. The van der Waals surface area contributed by atoms with E-state index in [9.17, 15) is 4.79 Å². The highest BCUT2D eigenvalue weighted by atomic mass is 16.5. The van der Waals surface area contributed by atoms with Crippen LogP contribution in [0.4, 0.5) is 5.82 Å². The number of fused-ring (bicyclic) bond motifs is 1. The maximum absolute atomic E-state index is 12.6. The molecule has 1 aliphatic heterocycles. The van der Waals surface area contributed by atoms with Gasteiger partial charge < -0.3 is 14.7 Å². The van der Waals surface area contributed by atoms with Crippen LogP contribution in [0.15, 0.2) is 35.4 Å². The van der Waals surface area contributed by atoms with Gasteiger partial charge in [0.1, 0.15) is 5.52 Å². The lowest BCUT2D eigenvalue weighted by Gasteiger charge is -2.38. The van der Waals surface area contributed by atoms with Crippen molar-refractivity contribution in [3.63, 3.8) is 0 Å². The van der Waals surface area contributed by atoms with Gasteiger partial charge in [-0.05, 0) is 24.3 Å². The molecular weight excluding hydrogens is 446 g/mol. The molecule has 4 aromatic rings. The number of nitrogens with zero attached hydrogens (tertiary/aromatic N) is 8. The van der Waals surface area contributed by atoms with Gasteiger partial charge in [-0.2, -0.15) is 15.2 Å². The standard InChI is InChI=1S/C24H31N9O2/c1-15-12-32(9-7-16(15)10-25-22(34)20-29-23(35-30-20)24(2,3)4)21-19-6-8-26-33(19)14-18(28-21)17-11-27-31(5)13-17/h6,8,11,13-16H,7,9-10,12H2,1-5H3,(H,25,34). The van der Waals surface area contributed by atoms with E-state index in [-0.39, 0.29) is 17.1 Å². The van der Waals surface area contributed by atoms with E-state index in [1.807, 2.05) is 57.0 Å². The molecule has 35 heavy (non-hydrogen) atoms. The monoisotopic (exact) mass is 477 g/mol. The molecule has 1 aliphatic rings. The Labute approximate surface area is 203 Å². The first-order valence-corrected chi connectivity index (χ1v) is 11.9. The van der Waals surface area contributed by atoms with Crippen LogP contribution >= 0.6 is 0 Å². The summed E-state index contributed by atoms with van der Waals surface area (Å²) in [7, 11) is 1.89. The van der Waals surface area contributed by atoms with Gasteiger partial charge in [0.15, 0.2) is 5.82 Å². The van der Waals surface area contributed by atoms with E-state index in [0.29, 0.717) is 24.3 Å². The average Bonchev–Trinajstić information content (AvgIpc) is 3.57. The number of piperidine rings is 1. The van der Waals surface area contributed by atoms with Crippen LogP contribution in [0.25, 0.3) is 16.8 Å². The molecule has 184 valence electrons. The second-order valence-corrected chi connectivity index (χ2v) is 10.4. The number of carbonyl (C=O) groups excluding carboxylic acids is 1. The molecule has 2 atom stereocenters. The quantitative estimate of drug-likeness (QED) is 0.466. The molecule has 2 unspecified atom stereocenters. The molecule has 5 rings (SSSR count). The Bertz CT molecular complexity index is 1350. The van der Waals surface area contributed by atoms with Gasteiger partial charge in [0.25, 0.3) is 11.7 Å². The number of amides is 1. The number of carbonyl (C=O) groups is 1. The SMILES string of the molecule is CC1CN(c2nc(-c3cnn(C)c3)cn3nccc23)CCC1CNC(=O)c1noc(C(C)(C)C)n1. The van der Waals surface area contributed by atoms with Crippen molar-refractivity contribution in [2.75, 3.05) is 24.5 Å². The summed E-state index contributed by atoms with van der Waals surface area (Å²) in [6.45, 7) is 10.4. The highest BCUT2D eigenvalue weighted by Gasteiger charge is 2.30. The first kappa shape index (κ1) is 23.0. The normalized spacial score (nSPS) is 18.8. The van der Waals surface area contributed by atoms with Crippen LogP contribution in [-0.4, -0.2) is 60.1 Å². The van der Waals surface area contributed by atoms with E-state index in [1.165, 1.54) is 0 Å². The molecule has 11 heteroatoms. The van der Waals surface area contributed by atoms with E-state index in [2.05, 4.69) is 37.5 Å². The summed E-state index contributed by atoms with van der Waals surface area (Å²) in [6, 6.07) is 1.99. The Morgan fingerprint density at radius 3 is 2.74 bits per heavy atom. The maximum Gasteiger partial charge on any atom is 0.292 e. The number of hydrogen-bond donors (Lipinski definition) is 1. The first-order chi connectivity index (χ1) is 16.7. The van der Waals surface area contributed by atoms with Crippen molar-refractivity contribution in [3.05, 3.63) is 42.6 Å². The molecule has 4 aromatic heterocycles. The summed E-state index contributed by atoms with van der Waals surface area (Å²) in [5.41, 5.74) is 2.47. The molecule has 0 bridgehead atoms. The Hall–Kier alpha value is -3.76. The molecule has 5 heterocycles. The Balaban J connectivity index is 1.27. The molecule has 1 fully saturated rings. The summed E-state index contributed by atoms with van der Waals surface area (Å²) in [5, 5.41) is 15.6. The van der Waals surface area contributed by atoms with Crippen LogP contribution in [0.1, 0.15) is 50.6 Å². The van der Waals surface area contributed by atoms with Crippen LogP contribution in [0.2, 0.25) is 0 Å². The zero-order chi connectivity index (χ0) is 24.7. The van der Waals surface area contributed by atoms with E-state index < -0.39 is 0 Å². The lowest BCUT2D eigenvalue weighted by Crippen LogP contribution is -2.44. The third-order valence-corrected chi connectivity index (χ3v) is 6.55. The smallest absolute Gasteiger partial charge is 0.292 e. The topological polar surface area (TPSA) is 119 Å². The molecule has 1 N–H and O–H groups in total. The largest absolute Gasteiger partial charge is 0.355 e. The minimum Gasteiger partial charge on any atom is -0.355 e. The van der Waals surface area contributed by atoms with Gasteiger partial charge in [-0.3, -0.25) is 9.48 Å². The van der Waals surface area contributed by atoms with Gasteiger partial charge in [-0.15, -0.1) is 0 Å². The second-order valence-electron chi connectivity index (χ2n) is 10.4. The fourth-order valence-electron chi connectivity index (χ4n) is 4.45. The predicted molar refractivity (Wildman–Crippen MR) is 130 cm³/mol. The number of anilines is 1. The average molecular weight is 478 g/mol. The highest BCUT2D eigenvalue weighted by molar-refractivity contribution is 5.90. The molecule has 11 nitrogen and oxygen atoms in total. The number of aromatic nitrogens is 7. The molecule has 0 radical (unpaired) electrons. The molecule has 1 amide bonds. The Morgan fingerprint density at radius 1 is 1.23 bits per heavy atom. The van der Waals surface area contributed by atoms with Crippen molar-refractivity contribution in [1.29, 1.82) is 0 Å². The van der Waals surface area contributed by atoms with Gasteiger partial charge >= 0.3 is 0 Å². The number of nitrogens with one attached hydrogen (secondary N) is 1. The van der Waals surface area contributed by atoms with Crippen molar-refractivity contribution in [1.82, 2.24) is 39.8 Å². The molecule has 0 aromatic carbocycles. The van der Waals surface area contributed by atoms with E-state index >= 15 is 0 Å². The third-order valence-electron chi connectivity index (χ3n) is 6.55. The molecular formula is C24H31N9O2. The summed E-state index contributed by atoms with van der Waals surface area (Å²) in [5.74, 6) is 1.85. The summed E-state index contributed by atoms with van der Waals surface area (Å²) >= 11 is 0.